The van der Waals surface area contributed by atoms with Crippen molar-refractivity contribution in [2.24, 2.45) is 5.73 Å². The molecule has 0 radical (unpaired) electrons. The quantitative estimate of drug-likeness (QED) is 0.898. The monoisotopic (exact) mass is 254 g/mol. The first-order chi connectivity index (χ1) is 9.11. The van der Waals surface area contributed by atoms with Crippen LogP contribution in [-0.2, 0) is 0 Å². The van der Waals surface area contributed by atoms with Gasteiger partial charge in [0.15, 0.2) is 0 Å². The zero-order valence-corrected chi connectivity index (χ0v) is 11.9. The van der Waals surface area contributed by atoms with Gasteiger partial charge in [-0.05, 0) is 41.3 Å². The highest BCUT2D eigenvalue weighted by molar-refractivity contribution is 5.67. The highest BCUT2D eigenvalue weighted by atomic mass is 15.1. The number of nitrogens with two attached hydrogens (primary N) is 1. The molecule has 2 nitrogen and oxygen atoms in total. The van der Waals surface area contributed by atoms with Gasteiger partial charge in [0.1, 0.15) is 0 Å². The molecule has 0 aliphatic carbocycles. The van der Waals surface area contributed by atoms with E-state index in [-0.39, 0.29) is 6.04 Å². The summed E-state index contributed by atoms with van der Waals surface area (Å²) in [5, 5.41) is 0. The van der Waals surface area contributed by atoms with E-state index in [1.807, 2.05) is 0 Å². The van der Waals surface area contributed by atoms with Crippen LogP contribution in [-0.4, -0.2) is 14.1 Å². The van der Waals surface area contributed by atoms with Crippen LogP contribution >= 0.6 is 0 Å². The maximum atomic E-state index is 6.10. The first-order valence-corrected chi connectivity index (χ1v) is 6.75. The van der Waals surface area contributed by atoms with E-state index in [2.05, 4.69) is 74.4 Å². The largest absolute Gasteiger partial charge is 0.378 e. The standard InChI is InChI=1S/C17H22N2/c1-4-17(18)15-7-5-6-14(12-15)13-8-10-16(11-9-13)19(2)3/h5-12,17H,4,18H2,1-3H3. The second-order valence-corrected chi connectivity index (χ2v) is 5.08. The highest BCUT2D eigenvalue weighted by Gasteiger charge is 2.05. The molecule has 0 fully saturated rings. The average Bonchev–Trinajstić information content (AvgIpc) is 2.46. The van der Waals surface area contributed by atoms with Crippen molar-refractivity contribution < 1.29 is 0 Å². The molecule has 1 unspecified atom stereocenters. The summed E-state index contributed by atoms with van der Waals surface area (Å²) >= 11 is 0. The molecule has 19 heavy (non-hydrogen) atoms. The van der Waals surface area contributed by atoms with Crippen LogP contribution in [0.15, 0.2) is 48.5 Å². The van der Waals surface area contributed by atoms with Gasteiger partial charge < -0.3 is 10.6 Å². The molecule has 0 saturated carbocycles. The van der Waals surface area contributed by atoms with E-state index in [1.165, 1.54) is 22.4 Å². The second-order valence-electron chi connectivity index (χ2n) is 5.08. The van der Waals surface area contributed by atoms with Gasteiger partial charge in [0.2, 0.25) is 0 Å². The molecule has 2 aromatic carbocycles. The molecule has 0 amide bonds. The van der Waals surface area contributed by atoms with Gasteiger partial charge in [-0.1, -0.05) is 37.3 Å². The Hall–Kier alpha value is -1.80. The zero-order valence-electron chi connectivity index (χ0n) is 11.9. The third-order valence-electron chi connectivity index (χ3n) is 3.47. The lowest BCUT2D eigenvalue weighted by Gasteiger charge is -2.14. The number of anilines is 1. The van der Waals surface area contributed by atoms with Crippen LogP contribution < -0.4 is 10.6 Å². The Labute approximate surface area is 115 Å². The lowest BCUT2D eigenvalue weighted by atomic mass is 9.98. The molecule has 0 aliphatic heterocycles. The predicted molar refractivity (Wildman–Crippen MR) is 83.4 cm³/mol. The molecule has 0 heterocycles. The molecule has 0 saturated heterocycles. The van der Waals surface area contributed by atoms with E-state index < -0.39 is 0 Å². The van der Waals surface area contributed by atoms with Crippen molar-refractivity contribution in [1.29, 1.82) is 0 Å². The molecule has 1 atom stereocenters. The van der Waals surface area contributed by atoms with Gasteiger partial charge in [-0.3, -0.25) is 0 Å². The lowest BCUT2D eigenvalue weighted by Crippen LogP contribution is -2.08. The highest BCUT2D eigenvalue weighted by Crippen LogP contribution is 2.25. The maximum absolute atomic E-state index is 6.10. The lowest BCUT2D eigenvalue weighted by molar-refractivity contribution is 0.699. The Morgan fingerprint density at radius 1 is 1.00 bits per heavy atom. The third-order valence-corrected chi connectivity index (χ3v) is 3.47. The minimum atomic E-state index is 0.126. The molecule has 0 aliphatic rings. The van der Waals surface area contributed by atoms with E-state index in [0.29, 0.717) is 0 Å². The van der Waals surface area contributed by atoms with Gasteiger partial charge >= 0.3 is 0 Å². The van der Waals surface area contributed by atoms with Crippen molar-refractivity contribution >= 4 is 5.69 Å². The second kappa shape index (κ2) is 5.89. The number of benzene rings is 2. The Balaban J connectivity index is 2.31. The van der Waals surface area contributed by atoms with Crippen LogP contribution in [0.1, 0.15) is 24.9 Å². The third kappa shape index (κ3) is 3.15. The van der Waals surface area contributed by atoms with Gasteiger partial charge in [-0.15, -0.1) is 0 Å². The van der Waals surface area contributed by atoms with Crippen molar-refractivity contribution in [1.82, 2.24) is 0 Å². The fourth-order valence-electron chi connectivity index (χ4n) is 2.14. The van der Waals surface area contributed by atoms with E-state index >= 15 is 0 Å². The van der Waals surface area contributed by atoms with E-state index in [4.69, 9.17) is 5.73 Å². The smallest absolute Gasteiger partial charge is 0.0361 e. The first kappa shape index (κ1) is 13.6. The zero-order chi connectivity index (χ0) is 13.8. The molecule has 2 heteroatoms. The van der Waals surface area contributed by atoms with Crippen LogP contribution in [0, 0.1) is 0 Å². The summed E-state index contributed by atoms with van der Waals surface area (Å²) in [4.78, 5) is 2.10. The Morgan fingerprint density at radius 2 is 1.68 bits per heavy atom. The number of nitrogens with zero attached hydrogens (tertiary/aromatic N) is 1. The van der Waals surface area contributed by atoms with Crippen molar-refractivity contribution in [3.8, 4) is 11.1 Å². The molecule has 0 bridgehead atoms. The van der Waals surface area contributed by atoms with Crippen molar-refractivity contribution in [2.45, 2.75) is 19.4 Å². The van der Waals surface area contributed by atoms with Crippen molar-refractivity contribution in [3.63, 3.8) is 0 Å². The van der Waals surface area contributed by atoms with Crippen LogP contribution in [0.4, 0.5) is 5.69 Å². The normalized spacial score (nSPS) is 12.2. The molecular formula is C17H22N2. The van der Waals surface area contributed by atoms with Crippen LogP contribution in [0.3, 0.4) is 0 Å². The van der Waals surface area contributed by atoms with Gasteiger partial charge in [-0.2, -0.15) is 0 Å². The van der Waals surface area contributed by atoms with Crippen LogP contribution in [0.2, 0.25) is 0 Å². The fourth-order valence-corrected chi connectivity index (χ4v) is 2.14. The SMILES string of the molecule is CCC(N)c1cccc(-c2ccc(N(C)C)cc2)c1. The molecule has 2 aromatic rings. The van der Waals surface area contributed by atoms with E-state index in [0.717, 1.165) is 6.42 Å². The molecular weight excluding hydrogens is 232 g/mol. The topological polar surface area (TPSA) is 29.3 Å². The summed E-state index contributed by atoms with van der Waals surface area (Å²) in [5.41, 5.74) is 11.0. The van der Waals surface area contributed by atoms with Gasteiger partial charge in [0, 0.05) is 25.8 Å². The summed E-state index contributed by atoms with van der Waals surface area (Å²) in [6.45, 7) is 2.11. The molecule has 2 rings (SSSR count). The molecule has 0 spiro atoms. The summed E-state index contributed by atoms with van der Waals surface area (Å²) in [6, 6.07) is 17.2. The Bertz CT molecular complexity index is 529. The maximum Gasteiger partial charge on any atom is 0.0361 e. The minimum Gasteiger partial charge on any atom is -0.378 e. The van der Waals surface area contributed by atoms with Gasteiger partial charge in [0.25, 0.3) is 0 Å². The van der Waals surface area contributed by atoms with Gasteiger partial charge in [0.05, 0.1) is 0 Å². The van der Waals surface area contributed by atoms with Crippen molar-refractivity contribution in [2.75, 3.05) is 19.0 Å². The first-order valence-electron chi connectivity index (χ1n) is 6.75. The summed E-state index contributed by atoms with van der Waals surface area (Å²) in [6.07, 6.45) is 0.961. The van der Waals surface area contributed by atoms with E-state index in [9.17, 15) is 0 Å². The Morgan fingerprint density at radius 3 is 2.26 bits per heavy atom. The van der Waals surface area contributed by atoms with Gasteiger partial charge in [-0.25, -0.2) is 0 Å². The average molecular weight is 254 g/mol. The predicted octanol–water partition coefficient (Wildman–Crippen LogP) is 3.83. The molecule has 0 aromatic heterocycles. The summed E-state index contributed by atoms with van der Waals surface area (Å²) in [7, 11) is 4.10. The summed E-state index contributed by atoms with van der Waals surface area (Å²) < 4.78 is 0. The van der Waals surface area contributed by atoms with E-state index in [1.54, 1.807) is 0 Å². The van der Waals surface area contributed by atoms with Crippen molar-refractivity contribution in [3.05, 3.63) is 54.1 Å². The fraction of sp³-hybridized carbons (Fsp3) is 0.294. The number of hydrogen-bond donors (Lipinski definition) is 1. The minimum absolute atomic E-state index is 0.126. The molecule has 2 N–H and O–H groups in total. The van der Waals surface area contributed by atoms with Crippen LogP contribution in [0.25, 0.3) is 11.1 Å². The number of rotatable bonds is 4. The summed E-state index contributed by atoms with van der Waals surface area (Å²) in [5.74, 6) is 0. The number of hydrogen-bond acceptors (Lipinski definition) is 2. The molecule has 100 valence electrons. The van der Waals surface area contributed by atoms with Crippen LogP contribution in [0.5, 0.6) is 0 Å². The Kier molecular flexibility index (Phi) is 4.23.